The van der Waals surface area contributed by atoms with Crippen molar-refractivity contribution < 1.29 is 23.8 Å². The molecule has 138 valence electrons. The van der Waals surface area contributed by atoms with E-state index in [0.717, 1.165) is 31.2 Å². The number of hydrogen-bond donors (Lipinski definition) is 1. The average molecular weight is 349 g/mol. The molecule has 2 rings (SSSR count). The molecule has 25 heavy (non-hydrogen) atoms. The molecule has 6 nitrogen and oxygen atoms in total. The van der Waals surface area contributed by atoms with Gasteiger partial charge in [-0.15, -0.1) is 0 Å². The number of ether oxygens (including phenoxy) is 3. The molecular formula is C19H27NO5. The van der Waals surface area contributed by atoms with E-state index in [9.17, 15) is 9.59 Å². The first-order valence-electron chi connectivity index (χ1n) is 8.66. The van der Waals surface area contributed by atoms with Crippen molar-refractivity contribution in [2.45, 2.75) is 63.9 Å². The van der Waals surface area contributed by atoms with Crippen LogP contribution < -0.4 is 5.32 Å². The Morgan fingerprint density at radius 1 is 1.20 bits per heavy atom. The molecule has 1 aromatic carbocycles. The predicted octanol–water partition coefficient (Wildman–Crippen LogP) is 3.19. The molecule has 0 aromatic heterocycles. The van der Waals surface area contributed by atoms with Crippen LogP contribution in [0.25, 0.3) is 0 Å². The van der Waals surface area contributed by atoms with E-state index in [-0.39, 0.29) is 12.2 Å². The zero-order chi connectivity index (χ0) is 18.3. The number of nitrogens with one attached hydrogen (secondary N) is 1. The van der Waals surface area contributed by atoms with E-state index in [0.29, 0.717) is 0 Å². The van der Waals surface area contributed by atoms with Crippen LogP contribution in [0.2, 0.25) is 0 Å². The lowest BCUT2D eigenvalue weighted by atomic mass is 10.0. The Kier molecular flexibility index (Phi) is 6.82. The summed E-state index contributed by atoms with van der Waals surface area (Å²) in [6.45, 7) is 3.94. The van der Waals surface area contributed by atoms with Crippen molar-refractivity contribution in [3.8, 4) is 0 Å². The third-order valence-corrected chi connectivity index (χ3v) is 4.54. The maximum atomic E-state index is 12.1. The number of esters is 1. The smallest absolute Gasteiger partial charge is 0.408 e. The SMILES string of the molecule is COC(=O)[C@@H](NC(=O)OCc1ccccc1)C(C)OC1(C)CCCC1. The minimum absolute atomic E-state index is 0.132. The third kappa shape index (κ3) is 5.74. The first kappa shape index (κ1) is 19.2. The Hall–Kier alpha value is -2.08. The average Bonchev–Trinajstić information content (AvgIpc) is 3.04. The van der Waals surface area contributed by atoms with E-state index in [1.165, 1.54) is 7.11 Å². The third-order valence-electron chi connectivity index (χ3n) is 4.54. The minimum Gasteiger partial charge on any atom is -0.467 e. The van der Waals surface area contributed by atoms with Gasteiger partial charge < -0.3 is 19.5 Å². The molecule has 1 amide bonds. The maximum Gasteiger partial charge on any atom is 0.408 e. The molecular weight excluding hydrogens is 322 g/mol. The monoisotopic (exact) mass is 349 g/mol. The van der Waals surface area contributed by atoms with Crippen LogP contribution in [0.5, 0.6) is 0 Å². The molecule has 1 N–H and O–H groups in total. The van der Waals surface area contributed by atoms with Gasteiger partial charge in [0.15, 0.2) is 6.04 Å². The van der Waals surface area contributed by atoms with E-state index < -0.39 is 24.2 Å². The summed E-state index contributed by atoms with van der Waals surface area (Å²) in [5, 5.41) is 2.57. The molecule has 0 aliphatic heterocycles. The molecule has 0 radical (unpaired) electrons. The van der Waals surface area contributed by atoms with Crippen molar-refractivity contribution in [2.24, 2.45) is 0 Å². The predicted molar refractivity (Wildman–Crippen MR) is 93.0 cm³/mol. The number of methoxy groups -OCH3 is 1. The van der Waals surface area contributed by atoms with Crippen LogP contribution in [-0.4, -0.2) is 36.9 Å². The van der Waals surface area contributed by atoms with Gasteiger partial charge in [-0.1, -0.05) is 43.2 Å². The van der Waals surface area contributed by atoms with Crippen molar-refractivity contribution in [1.82, 2.24) is 5.32 Å². The summed E-state index contributed by atoms with van der Waals surface area (Å²) < 4.78 is 16.1. The molecule has 1 aliphatic rings. The number of amides is 1. The first-order chi connectivity index (χ1) is 11.9. The van der Waals surface area contributed by atoms with Crippen molar-refractivity contribution in [3.05, 3.63) is 35.9 Å². The quantitative estimate of drug-likeness (QED) is 0.765. The van der Waals surface area contributed by atoms with E-state index in [2.05, 4.69) is 5.32 Å². The maximum absolute atomic E-state index is 12.1. The second kappa shape index (κ2) is 8.85. The standard InChI is InChI=1S/C19H27NO5/c1-14(25-19(2)11-7-8-12-19)16(17(21)23-3)20-18(22)24-13-15-9-5-4-6-10-15/h4-6,9-10,14,16H,7-8,11-13H2,1-3H3,(H,20,22)/t14?,16-/m0/s1. The first-order valence-corrected chi connectivity index (χ1v) is 8.66. The molecule has 1 saturated carbocycles. The van der Waals surface area contributed by atoms with Crippen LogP contribution in [0.15, 0.2) is 30.3 Å². The van der Waals surface area contributed by atoms with Crippen LogP contribution in [0.1, 0.15) is 45.1 Å². The summed E-state index contributed by atoms with van der Waals surface area (Å²) in [6, 6.07) is 8.43. The summed E-state index contributed by atoms with van der Waals surface area (Å²) >= 11 is 0. The Labute approximate surface area is 148 Å². The Morgan fingerprint density at radius 2 is 1.84 bits per heavy atom. The van der Waals surface area contributed by atoms with Crippen LogP contribution in [-0.2, 0) is 25.6 Å². The van der Waals surface area contributed by atoms with Crippen molar-refractivity contribution in [3.63, 3.8) is 0 Å². The summed E-state index contributed by atoms with van der Waals surface area (Å²) in [4.78, 5) is 24.1. The Balaban J connectivity index is 1.92. The molecule has 1 aromatic rings. The summed E-state index contributed by atoms with van der Waals surface area (Å²) in [6.07, 6.45) is 2.93. The highest BCUT2D eigenvalue weighted by molar-refractivity contribution is 5.81. The Bertz CT molecular complexity index is 568. The summed E-state index contributed by atoms with van der Waals surface area (Å²) in [5.41, 5.74) is 0.608. The second-order valence-electron chi connectivity index (χ2n) is 6.69. The van der Waals surface area contributed by atoms with E-state index >= 15 is 0 Å². The molecule has 0 saturated heterocycles. The number of hydrogen-bond acceptors (Lipinski definition) is 5. The van der Waals surface area contributed by atoms with Gasteiger partial charge in [-0.3, -0.25) is 0 Å². The lowest BCUT2D eigenvalue weighted by Gasteiger charge is -2.32. The molecule has 6 heteroatoms. The van der Waals surface area contributed by atoms with Crippen LogP contribution in [0.3, 0.4) is 0 Å². The van der Waals surface area contributed by atoms with Gasteiger partial charge in [0.2, 0.25) is 0 Å². The molecule has 1 unspecified atom stereocenters. The fourth-order valence-electron chi connectivity index (χ4n) is 3.14. The lowest BCUT2D eigenvalue weighted by molar-refractivity contribution is -0.152. The number of alkyl carbamates (subject to hydrolysis) is 1. The zero-order valence-electron chi connectivity index (χ0n) is 15.1. The highest BCUT2D eigenvalue weighted by Gasteiger charge is 2.37. The highest BCUT2D eigenvalue weighted by Crippen LogP contribution is 2.34. The van der Waals surface area contributed by atoms with Crippen molar-refractivity contribution >= 4 is 12.1 Å². The second-order valence-corrected chi connectivity index (χ2v) is 6.69. The molecule has 2 atom stereocenters. The fourth-order valence-corrected chi connectivity index (χ4v) is 3.14. The highest BCUT2D eigenvalue weighted by atomic mass is 16.6. The topological polar surface area (TPSA) is 73.9 Å². The summed E-state index contributed by atoms with van der Waals surface area (Å²) in [7, 11) is 1.29. The largest absolute Gasteiger partial charge is 0.467 e. The van der Waals surface area contributed by atoms with Crippen molar-refractivity contribution in [2.75, 3.05) is 7.11 Å². The molecule has 1 fully saturated rings. The van der Waals surface area contributed by atoms with Gasteiger partial charge in [0.25, 0.3) is 0 Å². The van der Waals surface area contributed by atoms with E-state index in [1.54, 1.807) is 6.92 Å². The normalized spacial score (nSPS) is 18.2. The fraction of sp³-hybridized carbons (Fsp3) is 0.579. The van der Waals surface area contributed by atoms with Gasteiger partial charge in [0.1, 0.15) is 6.61 Å². The van der Waals surface area contributed by atoms with Crippen LogP contribution in [0, 0.1) is 0 Å². The van der Waals surface area contributed by atoms with Gasteiger partial charge >= 0.3 is 12.1 Å². The van der Waals surface area contributed by atoms with Gasteiger partial charge in [-0.2, -0.15) is 0 Å². The van der Waals surface area contributed by atoms with E-state index in [4.69, 9.17) is 14.2 Å². The van der Waals surface area contributed by atoms with E-state index in [1.807, 2.05) is 37.3 Å². The molecule has 0 spiro atoms. The number of benzene rings is 1. The van der Waals surface area contributed by atoms with Gasteiger partial charge in [0, 0.05) is 0 Å². The number of rotatable bonds is 7. The van der Waals surface area contributed by atoms with Gasteiger partial charge in [0.05, 0.1) is 18.8 Å². The van der Waals surface area contributed by atoms with Gasteiger partial charge in [-0.25, -0.2) is 9.59 Å². The lowest BCUT2D eigenvalue weighted by Crippen LogP contribution is -2.51. The number of carbonyl (C=O) groups is 2. The zero-order valence-corrected chi connectivity index (χ0v) is 15.1. The minimum atomic E-state index is -0.911. The number of carbonyl (C=O) groups excluding carboxylic acids is 2. The molecule has 0 bridgehead atoms. The molecule has 0 heterocycles. The molecule has 1 aliphatic carbocycles. The van der Waals surface area contributed by atoms with Crippen LogP contribution in [0.4, 0.5) is 4.79 Å². The van der Waals surface area contributed by atoms with Crippen LogP contribution >= 0.6 is 0 Å². The van der Waals surface area contributed by atoms with Gasteiger partial charge in [-0.05, 0) is 32.3 Å². The van der Waals surface area contributed by atoms with Crippen molar-refractivity contribution in [1.29, 1.82) is 0 Å². The summed E-state index contributed by atoms with van der Waals surface area (Å²) in [5.74, 6) is -0.550. The Morgan fingerprint density at radius 3 is 2.44 bits per heavy atom.